The lowest BCUT2D eigenvalue weighted by Crippen LogP contribution is -2.61. The fourth-order valence-corrected chi connectivity index (χ4v) is 13.6. The van der Waals surface area contributed by atoms with Crippen molar-refractivity contribution < 1.29 is 0 Å². The van der Waals surface area contributed by atoms with Crippen molar-refractivity contribution in [3.05, 3.63) is 270 Å². The molecule has 11 aromatic rings. The molecular formula is C82H77BN2. The molecule has 85 heavy (non-hydrogen) atoms. The molecule has 0 saturated carbocycles. The van der Waals surface area contributed by atoms with E-state index in [1.54, 1.807) is 0 Å². The van der Waals surface area contributed by atoms with E-state index in [-0.39, 0.29) is 12.1 Å². The van der Waals surface area contributed by atoms with Crippen LogP contribution in [0.2, 0.25) is 0 Å². The summed E-state index contributed by atoms with van der Waals surface area (Å²) in [5, 5.41) is 0. The molecule has 0 aliphatic carbocycles. The molecule has 0 unspecified atom stereocenters. The van der Waals surface area contributed by atoms with Gasteiger partial charge in [0.25, 0.3) is 6.71 Å². The van der Waals surface area contributed by atoms with E-state index in [0.717, 1.165) is 11.4 Å². The van der Waals surface area contributed by atoms with Crippen molar-refractivity contribution in [2.24, 2.45) is 0 Å². The molecule has 2 nitrogen and oxygen atoms in total. The summed E-state index contributed by atoms with van der Waals surface area (Å²) >= 11 is 0. The average molecular weight is 1100 g/mol. The normalized spacial score (nSPS) is 12.8. The Hall–Kier alpha value is -8.92. The van der Waals surface area contributed by atoms with Gasteiger partial charge in [-0.15, -0.1) is 0 Å². The lowest BCUT2D eigenvalue weighted by molar-refractivity contribution is 0.590. The first-order chi connectivity index (χ1) is 41.1. The summed E-state index contributed by atoms with van der Waals surface area (Å²) in [4.78, 5) is 5.41. The van der Waals surface area contributed by atoms with Crippen molar-refractivity contribution in [2.45, 2.75) is 105 Å². The van der Waals surface area contributed by atoms with Crippen molar-refractivity contribution in [3.8, 4) is 66.8 Å². The van der Waals surface area contributed by atoms with Crippen LogP contribution in [0.25, 0.3) is 66.8 Å². The predicted octanol–water partition coefficient (Wildman–Crippen LogP) is 21.6. The Kier molecular flexibility index (Phi) is 14.5. The van der Waals surface area contributed by atoms with Crippen LogP contribution in [0.3, 0.4) is 0 Å². The molecule has 0 amide bonds. The molecule has 418 valence electrons. The van der Waals surface area contributed by atoms with Gasteiger partial charge in [-0.3, -0.25) is 0 Å². The van der Waals surface area contributed by atoms with E-state index in [2.05, 4.69) is 329 Å². The Morgan fingerprint density at radius 2 is 0.635 bits per heavy atom. The minimum Gasteiger partial charge on any atom is -0.310 e. The van der Waals surface area contributed by atoms with Gasteiger partial charge in [-0.05, 0) is 142 Å². The summed E-state index contributed by atoms with van der Waals surface area (Å²) in [6, 6.07) is 92.8. The van der Waals surface area contributed by atoms with Crippen LogP contribution < -0.4 is 26.2 Å². The van der Waals surface area contributed by atoms with Gasteiger partial charge in [0.2, 0.25) is 0 Å². The summed E-state index contributed by atoms with van der Waals surface area (Å²) in [7, 11) is 0. The number of para-hydroxylation sites is 2. The van der Waals surface area contributed by atoms with Crippen molar-refractivity contribution in [1.82, 2.24) is 0 Å². The number of hydrogen-bond acceptors (Lipinski definition) is 2. The molecule has 3 heteroatoms. The van der Waals surface area contributed by atoms with Gasteiger partial charge in [-0.1, -0.05) is 295 Å². The summed E-state index contributed by atoms with van der Waals surface area (Å²) in [6.45, 7) is 25.7. The number of rotatable bonds is 12. The van der Waals surface area contributed by atoms with Gasteiger partial charge in [0, 0.05) is 45.0 Å². The monoisotopic (exact) mass is 1100 g/mol. The molecular weight excluding hydrogens is 1020 g/mol. The molecule has 0 N–H and O–H groups in total. The number of nitrogens with zero attached hydrogens (tertiary/aromatic N) is 2. The second-order valence-electron chi connectivity index (χ2n) is 26.0. The Morgan fingerprint density at radius 1 is 0.294 bits per heavy atom. The Labute approximate surface area is 506 Å². The number of anilines is 6. The summed E-state index contributed by atoms with van der Waals surface area (Å²) in [6.07, 6.45) is 0. The molecule has 0 bridgehead atoms. The highest BCUT2D eigenvalue weighted by atomic mass is 15.2. The Balaban J connectivity index is 1.21. The summed E-state index contributed by atoms with van der Waals surface area (Å²) < 4.78 is 0. The first-order valence-electron chi connectivity index (χ1n) is 31.0. The summed E-state index contributed by atoms with van der Waals surface area (Å²) in [5.74, 6) is 1.49. The first-order valence-corrected chi connectivity index (χ1v) is 31.0. The van der Waals surface area contributed by atoms with E-state index >= 15 is 0 Å². The van der Waals surface area contributed by atoms with Crippen LogP contribution in [0.15, 0.2) is 243 Å². The molecule has 2 heterocycles. The van der Waals surface area contributed by atoms with Gasteiger partial charge in [0.1, 0.15) is 0 Å². The minimum atomic E-state index is -0.250. The number of hydrogen-bond donors (Lipinski definition) is 0. The fraction of sp³-hybridized carbons (Fsp3) is 0.195. The highest BCUT2D eigenvalue weighted by Gasteiger charge is 2.46. The van der Waals surface area contributed by atoms with Crippen LogP contribution in [-0.2, 0) is 5.41 Å². The zero-order valence-corrected chi connectivity index (χ0v) is 51.4. The van der Waals surface area contributed by atoms with Gasteiger partial charge in [-0.2, -0.15) is 0 Å². The van der Waals surface area contributed by atoms with E-state index in [1.165, 1.54) is 134 Å². The molecule has 13 rings (SSSR count). The lowest BCUT2D eigenvalue weighted by atomic mass is 9.33. The fourth-order valence-electron chi connectivity index (χ4n) is 13.6. The van der Waals surface area contributed by atoms with Crippen LogP contribution in [0.1, 0.15) is 128 Å². The van der Waals surface area contributed by atoms with Crippen molar-refractivity contribution in [2.75, 3.05) is 9.80 Å². The highest BCUT2D eigenvalue weighted by Crippen LogP contribution is 2.54. The molecule has 0 saturated heterocycles. The SMILES string of the molecule is CC(C)c1ccc(-c2ccc3c(c2)N(c2c(-c4ccccc4)cccc2-c2ccccc2)c2cc(C(C)(C)C)cc4c2B3c2ccc(-c3ccc(C(C)C)cc3C(C)C)cc2N4c2c(-c3ccccc3)cccc2-c2ccccc2)c(C(C)C)c1. The Bertz CT molecular complexity index is 3900. The number of benzene rings is 11. The van der Waals surface area contributed by atoms with Gasteiger partial charge in [-0.25, -0.2) is 0 Å². The zero-order chi connectivity index (χ0) is 58.8. The molecule has 0 atom stereocenters. The molecule has 0 spiro atoms. The van der Waals surface area contributed by atoms with Crippen LogP contribution in [-0.4, -0.2) is 6.71 Å². The van der Waals surface area contributed by atoms with Crippen LogP contribution in [0, 0.1) is 0 Å². The summed E-state index contributed by atoms with van der Waals surface area (Å²) in [5.41, 5.74) is 31.9. The maximum Gasteiger partial charge on any atom is 0.252 e. The first kappa shape index (κ1) is 55.3. The van der Waals surface area contributed by atoms with E-state index in [0.29, 0.717) is 23.7 Å². The molecule has 0 radical (unpaired) electrons. The number of fused-ring (bicyclic) bond motifs is 4. The van der Waals surface area contributed by atoms with Gasteiger partial charge >= 0.3 is 0 Å². The molecule has 0 fully saturated rings. The second-order valence-corrected chi connectivity index (χ2v) is 26.0. The molecule has 11 aromatic carbocycles. The zero-order valence-electron chi connectivity index (χ0n) is 51.4. The van der Waals surface area contributed by atoms with Crippen LogP contribution in [0.5, 0.6) is 0 Å². The van der Waals surface area contributed by atoms with Crippen molar-refractivity contribution >= 4 is 57.2 Å². The van der Waals surface area contributed by atoms with Gasteiger partial charge in [0.15, 0.2) is 0 Å². The van der Waals surface area contributed by atoms with E-state index in [9.17, 15) is 0 Å². The van der Waals surface area contributed by atoms with Crippen molar-refractivity contribution in [3.63, 3.8) is 0 Å². The smallest absolute Gasteiger partial charge is 0.252 e. The average Bonchev–Trinajstić information content (AvgIpc) is 0.771. The maximum atomic E-state index is 2.70. The molecule has 0 aromatic heterocycles. The lowest BCUT2D eigenvalue weighted by Gasteiger charge is -2.46. The van der Waals surface area contributed by atoms with E-state index in [1.807, 2.05) is 0 Å². The van der Waals surface area contributed by atoms with Crippen LogP contribution in [0.4, 0.5) is 34.1 Å². The van der Waals surface area contributed by atoms with Gasteiger partial charge < -0.3 is 9.80 Å². The third-order valence-corrected chi connectivity index (χ3v) is 18.1. The minimum absolute atomic E-state index is 0.131. The van der Waals surface area contributed by atoms with Crippen molar-refractivity contribution in [1.29, 1.82) is 0 Å². The third kappa shape index (κ3) is 9.92. The predicted molar refractivity (Wildman–Crippen MR) is 368 cm³/mol. The highest BCUT2D eigenvalue weighted by molar-refractivity contribution is 7.00. The largest absolute Gasteiger partial charge is 0.310 e. The maximum absolute atomic E-state index is 2.70. The third-order valence-electron chi connectivity index (χ3n) is 18.1. The second kappa shape index (κ2) is 22.3. The van der Waals surface area contributed by atoms with Gasteiger partial charge in [0.05, 0.1) is 11.4 Å². The standard InChI is InChI=1S/C82H77BN2/c1-52(2)60-38-42-65(71(46-60)54(5)6)62-40-44-73-75(48-62)84(80-67(56-26-16-12-17-27-56)34-24-35-68(80)57-28-18-13-19-29-57)77-50-64(82(9,10)11)51-78-79(77)83(73)74-45-41-63(66-43-39-61(53(3)4)47-72(66)55(7)8)49-76(74)85(78)81-69(58-30-20-14-21-31-58)36-25-37-70(81)59-32-22-15-23-33-59/h12-55H,1-11H3. The van der Waals surface area contributed by atoms with E-state index < -0.39 is 0 Å². The molecule has 2 aliphatic rings. The van der Waals surface area contributed by atoms with Crippen LogP contribution >= 0.6 is 0 Å². The van der Waals surface area contributed by atoms with E-state index in [4.69, 9.17) is 0 Å². The quantitative estimate of drug-likeness (QED) is 0.113. The topological polar surface area (TPSA) is 6.48 Å². The molecule has 2 aliphatic heterocycles. The Morgan fingerprint density at radius 3 is 0.941 bits per heavy atom.